The summed E-state index contributed by atoms with van der Waals surface area (Å²) in [6.45, 7) is 5.92. The van der Waals surface area contributed by atoms with Crippen molar-refractivity contribution in [2.45, 2.75) is 20.3 Å². The lowest BCUT2D eigenvalue weighted by Crippen LogP contribution is -1.97. The van der Waals surface area contributed by atoms with E-state index < -0.39 is 0 Å². The van der Waals surface area contributed by atoms with Gasteiger partial charge in [-0.05, 0) is 19.9 Å². The van der Waals surface area contributed by atoms with Gasteiger partial charge in [0.05, 0.1) is 6.42 Å². The highest BCUT2D eigenvalue weighted by atomic mass is 16.1. The van der Waals surface area contributed by atoms with Crippen LogP contribution >= 0.6 is 0 Å². The molecule has 0 heterocycles. The van der Waals surface area contributed by atoms with Gasteiger partial charge in [-0.1, -0.05) is 6.58 Å². The Morgan fingerprint density at radius 3 is 1.55 bits per heavy atom. The number of hydrogen-bond donors (Lipinski definition) is 0. The monoisotopic (exact) mass is 156 g/mol. The van der Waals surface area contributed by atoms with Gasteiger partial charge in [0.25, 0.3) is 0 Å². The fourth-order valence-corrected chi connectivity index (χ4v) is 0.351. The number of carbonyl (C=O) groups is 3. The second kappa shape index (κ2) is 8.75. The van der Waals surface area contributed by atoms with E-state index in [2.05, 4.69) is 6.58 Å². The van der Waals surface area contributed by atoms with E-state index in [1.807, 2.05) is 0 Å². The lowest BCUT2D eigenvalue weighted by Gasteiger charge is -1.81. The van der Waals surface area contributed by atoms with Gasteiger partial charge in [-0.25, -0.2) is 0 Å². The highest BCUT2D eigenvalue weighted by Crippen LogP contribution is 1.80. The average Bonchev–Trinajstić information content (AvgIpc) is 1.85. The highest BCUT2D eigenvalue weighted by Gasteiger charge is 1.94. The van der Waals surface area contributed by atoms with Crippen LogP contribution in [0.1, 0.15) is 20.3 Å². The van der Waals surface area contributed by atoms with Gasteiger partial charge in [0.15, 0.2) is 0 Å². The number of Topliss-reactive ketones (excluding diaryl/α,β-unsaturated/α-hetero) is 2. The van der Waals surface area contributed by atoms with Gasteiger partial charge in [0.2, 0.25) is 0 Å². The lowest BCUT2D eigenvalue weighted by molar-refractivity contribution is -0.124. The van der Waals surface area contributed by atoms with E-state index in [9.17, 15) is 9.59 Å². The Kier molecular flexibility index (Phi) is 9.89. The third kappa shape index (κ3) is 28.4. The van der Waals surface area contributed by atoms with E-state index in [1.54, 1.807) is 0 Å². The minimum Gasteiger partial charge on any atom is -0.300 e. The summed E-state index contributed by atoms with van der Waals surface area (Å²) in [4.78, 5) is 29.1. The van der Waals surface area contributed by atoms with Crippen LogP contribution in [-0.2, 0) is 14.4 Å². The molecule has 0 radical (unpaired) electrons. The second-order valence-electron chi connectivity index (χ2n) is 1.95. The first kappa shape index (κ1) is 12.4. The zero-order chi connectivity index (χ0) is 9.28. The molecule has 0 aromatic carbocycles. The van der Waals surface area contributed by atoms with Crippen LogP contribution in [0.5, 0.6) is 0 Å². The first-order valence-electron chi connectivity index (χ1n) is 3.09. The molecule has 0 amide bonds. The molecule has 0 aliphatic carbocycles. The van der Waals surface area contributed by atoms with Crippen molar-refractivity contribution in [1.82, 2.24) is 0 Å². The van der Waals surface area contributed by atoms with Gasteiger partial charge in [-0.3, -0.25) is 14.4 Å². The minimum atomic E-state index is -0.0625. The third-order valence-corrected chi connectivity index (χ3v) is 0.594. The lowest BCUT2D eigenvalue weighted by atomic mass is 10.2. The van der Waals surface area contributed by atoms with Gasteiger partial charge < -0.3 is 0 Å². The number of allylic oxidation sites excluding steroid dienone is 1. The summed E-state index contributed by atoms with van der Waals surface area (Å²) in [6, 6.07) is 0. The predicted octanol–water partition coefficient (Wildman–Crippen LogP) is 0.926. The molecular formula is C8H12O3. The van der Waals surface area contributed by atoms with Crippen molar-refractivity contribution in [2.24, 2.45) is 0 Å². The largest absolute Gasteiger partial charge is 0.300 e. The molecule has 0 rings (SSSR count). The van der Waals surface area contributed by atoms with Crippen LogP contribution in [0.25, 0.3) is 0 Å². The molecule has 0 aliphatic rings. The SMILES string of the molecule is C=CC=O.CC(=O)CC(C)=O. The predicted molar refractivity (Wildman–Crippen MR) is 42.2 cm³/mol. The molecular weight excluding hydrogens is 144 g/mol. The fraction of sp³-hybridized carbons (Fsp3) is 0.375. The van der Waals surface area contributed by atoms with E-state index in [-0.39, 0.29) is 18.0 Å². The molecule has 62 valence electrons. The summed E-state index contributed by atoms with van der Waals surface area (Å²) in [6.07, 6.45) is 1.92. The van der Waals surface area contributed by atoms with Crippen molar-refractivity contribution in [3.8, 4) is 0 Å². The van der Waals surface area contributed by atoms with Crippen molar-refractivity contribution < 1.29 is 14.4 Å². The number of hydrogen-bond acceptors (Lipinski definition) is 3. The molecule has 0 aromatic heterocycles. The molecule has 0 aromatic rings. The van der Waals surface area contributed by atoms with Gasteiger partial charge in [0.1, 0.15) is 17.9 Å². The van der Waals surface area contributed by atoms with Crippen molar-refractivity contribution in [3.05, 3.63) is 12.7 Å². The van der Waals surface area contributed by atoms with Crippen molar-refractivity contribution in [2.75, 3.05) is 0 Å². The molecule has 0 N–H and O–H groups in total. The highest BCUT2D eigenvalue weighted by molar-refractivity contribution is 5.96. The molecule has 0 spiro atoms. The first-order valence-corrected chi connectivity index (χ1v) is 3.09. The van der Waals surface area contributed by atoms with Crippen LogP contribution in [0.15, 0.2) is 12.7 Å². The van der Waals surface area contributed by atoms with Crippen molar-refractivity contribution >= 4 is 17.9 Å². The summed E-state index contributed by atoms with van der Waals surface area (Å²) in [5.41, 5.74) is 0. The average molecular weight is 156 g/mol. The summed E-state index contributed by atoms with van der Waals surface area (Å²) < 4.78 is 0. The smallest absolute Gasteiger partial charge is 0.142 e. The number of rotatable bonds is 3. The Labute approximate surface area is 66.1 Å². The molecule has 11 heavy (non-hydrogen) atoms. The van der Waals surface area contributed by atoms with Crippen LogP contribution in [-0.4, -0.2) is 17.9 Å². The maximum absolute atomic E-state index is 10.0. The Balaban J connectivity index is 0. The normalized spacial score (nSPS) is 7.09. The second-order valence-corrected chi connectivity index (χ2v) is 1.95. The van der Waals surface area contributed by atoms with E-state index >= 15 is 0 Å². The molecule has 0 aliphatic heterocycles. The van der Waals surface area contributed by atoms with Crippen LogP contribution in [0, 0.1) is 0 Å². The fourth-order valence-electron chi connectivity index (χ4n) is 0.351. The van der Waals surface area contributed by atoms with E-state index in [0.29, 0.717) is 6.29 Å². The van der Waals surface area contributed by atoms with E-state index in [0.717, 1.165) is 0 Å². The zero-order valence-electron chi connectivity index (χ0n) is 6.79. The molecule has 0 atom stereocenters. The minimum absolute atomic E-state index is 0.0625. The number of aldehydes is 1. The first-order chi connectivity index (χ1) is 5.04. The molecule has 0 bridgehead atoms. The molecule has 3 nitrogen and oxygen atoms in total. The van der Waals surface area contributed by atoms with Crippen molar-refractivity contribution in [1.29, 1.82) is 0 Å². The van der Waals surface area contributed by atoms with Gasteiger partial charge in [-0.15, -0.1) is 0 Å². The maximum atomic E-state index is 10.0. The maximum Gasteiger partial charge on any atom is 0.142 e. The Morgan fingerprint density at radius 2 is 1.55 bits per heavy atom. The van der Waals surface area contributed by atoms with Gasteiger partial charge in [0, 0.05) is 0 Å². The summed E-state index contributed by atoms with van der Waals surface area (Å²) >= 11 is 0. The van der Waals surface area contributed by atoms with Gasteiger partial charge >= 0.3 is 0 Å². The molecule has 0 saturated carbocycles. The summed E-state index contributed by atoms with van der Waals surface area (Å²) in [5.74, 6) is -0.125. The number of ketones is 2. The number of carbonyl (C=O) groups excluding carboxylic acids is 3. The standard InChI is InChI=1S/C5H8O2.C3H4O/c1-4(6)3-5(2)7;1-2-3-4/h3H2,1-2H3;2-3H,1H2. The van der Waals surface area contributed by atoms with E-state index in [1.165, 1.54) is 19.9 Å². The van der Waals surface area contributed by atoms with Crippen LogP contribution < -0.4 is 0 Å². The van der Waals surface area contributed by atoms with Crippen LogP contribution in [0.2, 0.25) is 0 Å². The van der Waals surface area contributed by atoms with Gasteiger partial charge in [-0.2, -0.15) is 0 Å². The topological polar surface area (TPSA) is 51.2 Å². The van der Waals surface area contributed by atoms with Crippen molar-refractivity contribution in [3.63, 3.8) is 0 Å². The summed E-state index contributed by atoms with van der Waals surface area (Å²) in [5, 5.41) is 0. The van der Waals surface area contributed by atoms with E-state index in [4.69, 9.17) is 4.79 Å². The Hall–Kier alpha value is -1.25. The molecule has 0 saturated heterocycles. The Bertz CT molecular complexity index is 141. The van der Waals surface area contributed by atoms with Crippen LogP contribution in [0.4, 0.5) is 0 Å². The van der Waals surface area contributed by atoms with Crippen LogP contribution in [0.3, 0.4) is 0 Å². The molecule has 0 unspecified atom stereocenters. The third-order valence-electron chi connectivity index (χ3n) is 0.594. The quantitative estimate of drug-likeness (QED) is 0.347. The Morgan fingerprint density at radius 1 is 1.27 bits per heavy atom. The molecule has 0 fully saturated rings. The molecule has 3 heteroatoms. The summed E-state index contributed by atoms with van der Waals surface area (Å²) in [7, 11) is 0. The zero-order valence-corrected chi connectivity index (χ0v) is 6.79.